The first-order valence-corrected chi connectivity index (χ1v) is 3.63. The van der Waals surface area contributed by atoms with Gasteiger partial charge in [-0.1, -0.05) is 13.8 Å². The molecule has 0 aromatic carbocycles. The summed E-state index contributed by atoms with van der Waals surface area (Å²) in [6.07, 6.45) is 2.78. The van der Waals surface area contributed by atoms with Gasteiger partial charge in [-0.25, -0.2) is 0 Å². The van der Waals surface area contributed by atoms with Gasteiger partial charge in [-0.3, -0.25) is 0 Å². The van der Waals surface area contributed by atoms with Crippen molar-refractivity contribution in [2.45, 2.75) is 19.9 Å². The molecule has 1 atom stereocenters. The predicted octanol–water partition coefficient (Wildman–Crippen LogP) is 1.64. The van der Waals surface area contributed by atoms with Gasteiger partial charge in [-0.2, -0.15) is 0 Å². The van der Waals surface area contributed by atoms with Gasteiger partial charge in [-0.05, 0) is 5.92 Å². The van der Waals surface area contributed by atoms with Crippen molar-refractivity contribution < 1.29 is 9.52 Å². The van der Waals surface area contributed by atoms with Gasteiger partial charge in [0, 0.05) is 11.6 Å². The Labute approximate surface area is 65.8 Å². The average molecular weight is 155 g/mol. The molecule has 0 saturated heterocycles. The quantitative estimate of drug-likeness (QED) is 0.682. The zero-order chi connectivity index (χ0) is 8.43. The molecular formula is C8H13NO2. The van der Waals surface area contributed by atoms with Crippen molar-refractivity contribution in [3.8, 4) is 5.75 Å². The largest absolute Gasteiger partial charge is 0.504 e. The standard InChI is InChI=1S/C8H13NO2/c1-5(2)8(9)6-3-11-4-7(6)10/h3-5,8,10H,9H2,1-2H3/t8-/m0/s1. The van der Waals surface area contributed by atoms with Gasteiger partial charge in [0.1, 0.15) is 6.26 Å². The molecule has 0 saturated carbocycles. The molecule has 3 N–H and O–H groups in total. The molecule has 0 aliphatic carbocycles. The predicted molar refractivity (Wildman–Crippen MR) is 42.1 cm³/mol. The molecule has 0 unspecified atom stereocenters. The average Bonchev–Trinajstić information content (AvgIpc) is 2.33. The first-order valence-electron chi connectivity index (χ1n) is 3.63. The second kappa shape index (κ2) is 2.96. The fourth-order valence-electron chi connectivity index (χ4n) is 0.909. The molecule has 1 aromatic rings. The lowest BCUT2D eigenvalue weighted by Crippen LogP contribution is -2.15. The number of hydrogen-bond donors (Lipinski definition) is 2. The van der Waals surface area contributed by atoms with Crippen molar-refractivity contribution in [2.24, 2.45) is 11.7 Å². The second-order valence-corrected chi connectivity index (χ2v) is 2.98. The van der Waals surface area contributed by atoms with Crippen molar-refractivity contribution in [3.05, 3.63) is 18.1 Å². The highest BCUT2D eigenvalue weighted by molar-refractivity contribution is 5.29. The van der Waals surface area contributed by atoms with Crippen LogP contribution in [0.2, 0.25) is 0 Å². The van der Waals surface area contributed by atoms with Crippen LogP contribution in [0.15, 0.2) is 16.9 Å². The Hall–Kier alpha value is -0.960. The molecule has 0 spiro atoms. The van der Waals surface area contributed by atoms with Gasteiger partial charge in [0.25, 0.3) is 0 Å². The highest BCUT2D eigenvalue weighted by Gasteiger charge is 2.15. The number of hydrogen-bond acceptors (Lipinski definition) is 3. The smallest absolute Gasteiger partial charge is 0.158 e. The van der Waals surface area contributed by atoms with Crippen LogP contribution in [0.3, 0.4) is 0 Å². The van der Waals surface area contributed by atoms with Crippen LogP contribution >= 0.6 is 0 Å². The third-order valence-electron chi connectivity index (χ3n) is 1.75. The highest BCUT2D eigenvalue weighted by Crippen LogP contribution is 2.27. The summed E-state index contributed by atoms with van der Waals surface area (Å²) in [6, 6.07) is -0.145. The molecule has 1 heterocycles. The van der Waals surface area contributed by atoms with Gasteiger partial charge < -0.3 is 15.3 Å². The molecule has 0 fully saturated rings. The summed E-state index contributed by atoms with van der Waals surface area (Å²) in [5.41, 5.74) is 6.44. The number of rotatable bonds is 2. The van der Waals surface area contributed by atoms with E-state index in [1.54, 1.807) is 0 Å². The van der Waals surface area contributed by atoms with Crippen LogP contribution in [0.4, 0.5) is 0 Å². The minimum atomic E-state index is -0.145. The Morgan fingerprint density at radius 1 is 1.45 bits per heavy atom. The third kappa shape index (κ3) is 1.54. The summed E-state index contributed by atoms with van der Waals surface area (Å²) in [6.45, 7) is 3.99. The Morgan fingerprint density at radius 3 is 2.45 bits per heavy atom. The zero-order valence-electron chi connectivity index (χ0n) is 6.74. The molecule has 0 aliphatic heterocycles. The minimum Gasteiger partial charge on any atom is -0.504 e. The maximum Gasteiger partial charge on any atom is 0.158 e. The van der Waals surface area contributed by atoms with E-state index in [-0.39, 0.29) is 11.8 Å². The summed E-state index contributed by atoms with van der Waals surface area (Å²) in [4.78, 5) is 0. The molecule has 0 amide bonds. The number of nitrogens with two attached hydrogens (primary N) is 1. The molecule has 1 aromatic heterocycles. The van der Waals surface area contributed by atoms with E-state index in [4.69, 9.17) is 10.2 Å². The molecule has 11 heavy (non-hydrogen) atoms. The van der Waals surface area contributed by atoms with Crippen LogP contribution in [0.25, 0.3) is 0 Å². The fraction of sp³-hybridized carbons (Fsp3) is 0.500. The van der Waals surface area contributed by atoms with Gasteiger partial charge in [0.2, 0.25) is 0 Å². The van der Waals surface area contributed by atoms with E-state index < -0.39 is 0 Å². The molecule has 1 rings (SSSR count). The van der Waals surface area contributed by atoms with E-state index in [2.05, 4.69) is 0 Å². The fourth-order valence-corrected chi connectivity index (χ4v) is 0.909. The highest BCUT2D eigenvalue weighted by atomic mass is 16.3. The van der Waals surface area contributed by atoms with Crippen LogP contribution in [-0.4, -0.2) is 5.11 Å². The summed E-state index contributed by atoms with van der Waals surface area (Å²) in [5, 5.41) is 9.20. The van der Waals surface area contributed by atoms with E-state index in [9.17, 15) is 5.11 Å². The van der Waals surface area contributed by atoms with Crippen molar-refractivity contribution >= 4 is 0 Å². The topological polar surface area (TPSA) is 59.4 Å². The minimum absolute atomic E-state index is 0.145. The van der Waals surface area contributed by atoms with Gasteiger partial charge in [0.05, 0.1) is 6.26 Å². The van der Waals surface area contributed by atoms with Crippen molar-refractivity contribution in [1.82, 2.24) is 0 Å². The first-order chi connectivity index (χ1) is 5.13. The summed E-state index contributed by atoms with van der Waals surface area (Å²) < 4.78 is 4.79. The van der Waals surface area contributed by atoms with Crippen molar-refractivity contribution in [3.63, 3.8) is 0 Å². The van der Waals surface area contributed by atoms with Gasteiger partial charge >= 0.3 is 0 Å². The van der Waals surface area contributed by atoms with Crippen LogP contribution in [0.1, 0.15) is 25.5 Å². The van der Waals surface area contributed by atoms with Gasteiger partial charge in [0.15, 0.2) is 5.75 Å². The summed E-state index contributed by atoms with van der Waals surface area (Å²) >= 11 is 0. The number of aromatic hydroxyl groups is 1. The van der Waals surface area contributed by atoms with Crippen molar-refractivity contribution in [1.29, 1.82) is 0 Å². The molecule has 62 valence electrons. The summed E-state index contributed by atoms with van der Waals surface area (Å²) in [5.74, 6) is 0.449. The molecule has 0 aliphatic rings. The lowest BCUT2D eigenvalue weighted by atomic mass is 9.99. The molecular weight excluding hydrogens is 142 g/mol. The monoisotopic (exact) mass is 155 g/mol. The van der Waals surface area contributed by atoms with Crippen LogP contribution < -0.4 is 5.73 Å². The lowest BCUT2D eigenvalue weighted by molar-refractivity contribution is 0.439. The number of furan rings is 1. The van der Waals surface area contributed by atoms with E-state index in [0.29, 0.717) is 11.5 Å². The molecule has 0 bridgehead atoms. The Morgan fingerprint density at radius 2 is 2.09 bits per heavy atom. The molecule has 0 radical (unpaired) electrons. The maximum atomic E-state index is 9.20. The van der Waals surface area contributed by atoms with Crippen LogP contribution in [0.5, 0.6) is 5.75 Å². The van der Waals surface area contributed by atoms with E-state index in [1.807, 2.05) is 13.8 Å². The Balaban J connectivity index is 2.84. The van der Waals surface area contributed by atoms with E-state index in [1.165, 1.54) is 12.5 Å². The second-order valence-electron chi connectivity index (χ2n) is 2.98. The van der Waals surface area contributed by atoms with Crippen LogP contribution in [0, 0.1) is 5.92 Å². The first kappa shape index (κ1) is 8.14. The normalized spacial score (nSPS) is 13.8. The third-order valence-corrected chi connectivity index (χ3v) is 1.75. The molecule has 3 nitrogen and oxygen atoms in total. The summed E-state index contributed by atoms with van der Waals surface area (Å²) in [7, 11) is 0. The SMILES string of the molecule is CC(C)[C@H](N)c1cocc1O. The van der Waals surface area contributed by atoms with E-state index in [0.717, 1.165) is 0 Å². The van der Waals surface area contributed by atoms with Gasteiger partial charge in [-0.15, -0.1) is 0 Å². The van der Waals surface area contributed by atoms with Crippen molar-refractivity contribution in [2.75, 3.05) is 0 Å². The van der Waals surface area contributed by atoms with E-state index >= 15 is 0 Å². The molecule has 3 heteroatoms. The zero-order valence-corrected chi connectivity index (χ0v) is 6.74. The Bertz CT molecular complexity index is 230. The Kier molecular flexibility index (Phi) is 2.19. The maximum absolute atomic E-state index is 9.20. The lowest BCUT2D eigenvalue weighted by Gasteiger charge is -2.13. The van der Waals surface area contributed by atoms with Crippen LogP contribution in [-0.2, 0) is 0 Å².